The van der Waals surface area contributed by atoms with Gasteiger partial charge >= 0.3 is 0 Å². The van der Waals surface area contributed by atoms with Crippen molar-refractivity contribution < 1.29 is 9.53 Å². The van der Waals surface area contributed by atoms with Crippen LogP contribution in [0.3, 0.4) is 0 Å². The molecule has 1 atom stereocenters. The van der Waals surface area contributed by atoms with Crippen LogP contribution in [0, 0.1) is 0 Å². The van der Waals surface area contributed by atoms with Gasteiger partial charge in [-0.1, -0.05) is 29.3 Å². The molecule has 0 saturated carbocycles. The average Bonchev–Trinajstić information content (AvgIpc) is 2.47. The molecule has 0 radical (unpaired) electrons. The van der Waals surface area contributed by atoms with Gasteiger partial charge in [0, 0.05) is 16.2 Å². The Bertz CT molecular complexity index is 677. The molecule has 0 fully saturated rings. The van der Waals surface area contributed by atoms with E-state index in [4.69, 9.17) is 27.9 Å². The van der Waals surface area contributed by atoms with Crippen molar-refractivity contribution in [3.63, 3.8) is 0 Å². The van der Waals surface area contributed by atoms with E-state index >= 15 is 0 Å². The molecule has 6 heteroatoms. The van der Waals surface area contributed by atoms with Gasteiger partial charge in [0.05, 0.1) is 12.6 Å². The highest BCUT2D eigenvalue weighted by molar-refractivity contribution is 6.35. The van der Waals surface area contributed by atoms with E-state index in [9.17, 15) is 4.79 Å². The molecular formula is C16H16Cl2N2O2. The fourth-order valence-corrected chi connectivity index (χ4v) is 2.59. The van der Waals surface area contributed by atoms with Crippen LogP contribution in [0.25, 0.3) is 0 Å². The summed E-state index contributed by atoms with van der Waals surface area (Å²) in [7, 11) is 0. The predicted octanol–water partition coefficient (Wildman–Crippen LogP) is 4.28. The van der Waals surface area contributed by atoms with Crippen molar-refractivity contribution in [3.8, 4) is 5.88 Å². The first-order chi connectivity index (χ1) is 10.5. The van der Waals surface area contributed by atoms with E-state index in [0.717, 1.165) is 5.56 Å². The molecule has 116 valence electrons. The molecule has 0 saturated heterocycles. The molecule has 0 unspecified atom stereocenters. The molecule has 1 N–H and O–H groups in total. The van der Waals surface area contributed by atoms with E-state index in [2.05, 4.69) is 10.3 Å². The van der Waals surface area contributed by atoms with Crippen molar-refractivity contribution in [2.75, 3.05) is 6.61 Å². The van der Waals surface area contributed by atoms with E-state index in [0.29, 0.717) is 28.1 Å². The van der Waals surface area contributed by atoms with E-state index in [-0.39, 0.29) is 11.9 Å². The van der Waals surface area contributed by atoms with E-state index in [1.807, 2.05) is 13.8 Å². The van der Waals surface area contributed by atoms with Crippen LogP contribution in [0.2, 0.25) is 10.0 Å². The minimum Gasteiger partial charge on any atom is -0.477 e. The van der Waals surface area contributed by atoms with Gasteiger partial charge in [-0.05, 0) is 43.7 Å². The Morgan fingerprint density at radius 1 is 1.36 bits per heavy atom. The van der Waals surface area contributed by atoms with Gasteiger partial charge in [-0.15, -0.1) is 0 Å². The van der Waals surface area contributed by atoms with Crippen molar-refractivity contribution in [2.45, 2.75) is 19.9 Å². The molecule has 2 rings (SSSR count). The van der Waals surface area contributed by atoms with Gasteiger partial charge in [0.2, 0.25) is 5.88 Å². The smallest absolute Gasteiger partial charge is 0.257 e. The topological polar surface area (TPSA) is 51.2 Å². The Morgan fingerprint density at radius 3 is 2.82 bits per heavy atom. The van der Waals surface area contributed by atoms with Crippen molar-refractivity contribution in [1.29, 1.82) is 0 Å². The molecule has 0 aliphatic heterocycles. The first-order valence-electron chi connectivity index (χ1n) is 6.86. The minimum atomic E-state index is -0.271. The maximum absolute atomic E-state index is 12.4. The Labute approximate surface area is 139 Å². The Hall–Kier alpha value is -1.78. The highest BCUT2D eigenvalue weighted by Gasteiger charge is 2.17. The predicted molar refractivity (Wildman–Crippen MR) is 87.7 cm³/mol. The number of ether oxygens (including phenoxy) is 1. The molecule has 4 nitrogen and oxygen atoms in total. The summed E-state index contributed by atoms with van der Waals surface area (Å²) in [5.41, 5.74) is 1.18. The summed E-state index contributed by atoms with van der Waals surface area (Å²) in [5.74, 6) is 0.0481. The Morgan fingerprint density at radius 2 is 2.14 bits per heavy atom. The average molecular weight is 339 g/mol. The number of halogens is 2. The number of hydrogen-bond acceptors (Lipinski definition) is 3. The highest BCUT2D eigenvalue weighted by atomic mass is 35.5. The lowest BCUT2D eigenvalue weighted by Gasteiger charge is -2.17. The number of pyridine rings is 1. The number of rotatable bonds is 5. The lowest BCUT2D eigenvalue weighted by Crippen LogP contribution is -2.27. The quantitative estimate of drug-likeness (QED) is 0.885. The second kappa shape index (κ2) is 7.47. The van der Waals surface area contributed by atoms with Crippen LogP contribution in [0.5, 0.6) is 5.88 Å². The molecule has 1 aromatic heterocycles. The normalized spacial score (nSPS) is 11.8. The fourth-order valence-electron chi connectivity index (χ4n) is 2.02. The maximum Gasteiger partial charge on any atom is 0.257 e. The summed E-state index contributed by atoms with van der Waals surface area (Å²) in [6.07, 6.45) is 1.58. The van der Waals surface area contributed by atoms with Crippen LogP contribution in [-0.2, 0) is 0 Å². The standard InChI is InChI=1S/C16H16Cl2N2O2/c1-3-22-16-13(5-4-8-19-16)15(21)20-10(2)12-7-6-11(17)9-14(12)18/h4-10H,3H2,1-2H3,(H,20,21)/t10-/m0/s1. The van der Waals surface area contributed by atoms with Gasteiger partial charge < -0.3 is 10.1 Å². The first-order valence-corrected chi connectivity index (χ1v) is 7.62. The van der Waals surface area contributed by atoms with Crippen LogP contribution >= 0.6 is 23.2 Å². The summed E-state index contributed by atoms with van der Waals surface area (Å²) < 4.78 is 5.37. The molecule has 0 bridgehead atoms. The molecule has 1 heterocycles. The highest BCUT2D eigenvalue weighted by Crippen LogP contribution is 2.26. The van der Waals surface area contributed by atoms with Gasteiger partial charge in [0.1, 0.15) is 5.56 Å². The van der Waals surface area contributed by atoms with Crippen LogP contribution in [0.1, 0.15) is 35.8 Å². The molecule has 22 heavy (non-hydrogen) atoms. The summed E-state index contributed by atoms with van der Waals surface area (Å²) in [4.78, 5) is 16.5. The number of hydrogen-bond donors (Lipinski definition) is 1. The number of nitrogens with zero attached hydrogens (tertiary/aromatic N) is 1. The minimum absolute atomic E-state index is 0.268. The number of carbonyl (C=O) groups excluding carboxylic acids is 1. The summed E-state index contributed by atoms with van der Waals surface area (Å²) in [5, 5.41) is 3.95. The van der Waals surface area contributed by atoms with Gasteiger partial charge in [0.25, 0.3) is 5.91 Å². The number of benzene rings is 1. The summed E-state index contributed by atoms with van der Waals surface area (Å²) in [6, 6.07) is 8.27. The van der Waals surface area contributed by atoms with Crippen LogP contribution in [0.4, 0.5) is 0 Å². The van der Waals surface area contributed by atoms with Crippen LogP contribution < -0.4 is 10.1 Å². The summed E-state index contributed by atoms with van der Waals surface area (Å²) >= 11 is 12.0. The second-order valence-electron chi connectivity index (χ2n) is 4.65. The Kier molecular flexibility index (Phi) is 5.63. The SMILES string of the molecule is CCOc1ncccc1C(=O)N[C@@H](C)c1ccc(Cl)cc1Cl. The summed E-state index contributed by atoms with van der Waals surface area (Å²) in [6.45, 7) is 4.13. The third-order valence-electron chi connectivity index (χ3n) is 3.07. The number of amides is 1. The van der Waals surface area contributed by atoms with Gasteiger partial charge in [0.15, 0.2) is 0 Å². The number of carbonyl (C=O) groups is 1. The second-order valence-corrected chi connectivity index (χ2v) is 5.49. The zero-order chi connectivity index (χ0) is 16.1. The third-order valence-corrected chi connectivity index (χ3v) is 3.64. The molecule has 1 amide bonds. The molecule has 0 aliphatic rings. The van der Waals surface area contributed by atoms with Crippen LogP contribution in [0.15, 0.2) is 36.5 Å². The van der Waals surface area contributed by atoms with E-state index in [1.165, 1.54) is 0 Å². The van der Waals surface area contributed by atoms with Crippen molar-refractivity contribution in [3.05, 3.63) is 57.7 Å². The third kappa shape index (κ3) is 3.90. The zero-order valence-corrected chi connectivity index (χ0v) is 13.8. The number of aromatic nitrogens is 1. The molecular weight excluding hydrogens is 323 g/mol. The van der Waals surface area contributed by atoms with Gasteiger partial charge in [-0.25, -0.2) is 4.98 Å². The van der Waals surface area contributed by atoms with Gasteiger partial charge in [-0.2, -0.15) is 0 Å². The van der Waals surface area contributed by atoms with Crippen molar-refractivity contribution in [1.82, 2.24) is 10.3 Å². The van der Waals surface area contributed by atoms with E-state index < -0.39 is 0 Å². The van der Waals surface area contributed by atoms with E-state index in [1.54, 1.807) is 36.5 Å². The monoisotopic (exact) mass is 338 g/mol. The molecule has 2 aromatic rings. The molecule has 1 aromatic carbocycles. The Balaban J connectivity index is 2.18. The number of nitrogens with one attached hydrogen (secondary N) is 1. The maximum atomic E-state index is 12.4. The van der Waals surface area contributed by atoms with Crippen molar-refractivity contribution in [2.24, 2.45) is 0 Å². The molecule has 0 aliphatic carbocycles. The van der Waals surface area contributed by atoms with Crippen LogP contribution in [-0.4, -0.2) is 17.5 Å². The first kappa shape index (κ1) is 16.6. The lowest BCUT2D eigenvalue weighted by atomic mass is 10.1. The molecule has 0 spiro atoms. The van der Waals surface area contributed by atoms with Gasteiger partial charge in [-0.3, -0.25) is 4.79 Å². The largest absolute Gasteiger partial charge is 0.477 e. The lowest BCUT2D eigenvalue weighted by molar-refractivity contribution is 0.0935. The fraction of sp³-hybridized carbons (Fsp3) is 0.250. The van der Waals surface area contributed by atoms with Crippen molar-refractivity contribution >= 4 is 29.1 Å². The zero-order valence-electron chi connectivity index (χ0n) is 12.3.